The first kappa shape index (κ1) is 65.8. The smallest absolute Gasteiger partial charge is 0.251 e. The summed E-state index contributed by atoms with van der Waals surface area (Å²) < 4.78 is 10.4. The van der Waals surface area contributed by atoms with Gasteiger partial charge in [-0.05, 0) is 133 Å². The Labute approximate surface area is 505 Å². The van der Waals surface area contributed by atoms with Crippen LogP contribution in [0.25, 0.3) is 11.1 Å². The normalized spacial score (nSPS) is 10.7. The lowest BCUT2D eigenvalue weighted by Crippen LogP contribution is -2.46. The van der Waals surface area contributed by atoms with Gasteiger partial charge in [-0.1, -0.05) is 122 Å². The van der Waals surface area contributed by atoms with E-state index in [0.29, 0.717) is 115 Å². The van der Waals surface area contributed by atoms with Gasteiger partial charge in [0.25, 0.3) is 11.8 Å². The molecule has 86 heavy (non-hydrogen) atoms. The lowest BCUT2D eigenvalue weighted by molar-refractivity contribution is -0.139. The maximum atomic E-state index is 13.4. The van der Waals surface area contributed by atoms with Crippen molar-refractivity contribution in [3.63, 3.8) is 0 Å². The molecule has 0 radical (unpaired) electrons. The lowest BCUT2D eigenvalue weighted by atomic mass is 10.0. The molecule has 0 unspecified atom stereocenters. The fraction of sp³-hybridized carbons (Fsp3) is 0.353. The van der Waals surface area contributed by atoms with E-state index in [-0.39, 0.29) is 86.3 Å². The third-order valence-corrected chi connectivity index (χ3v) is 14.3. The van der Waals surface area contributed by atoms with Gasteiger partial charge in [0.1, 0.15) is 37.7 Å². The molecule has 0 saturated heterocycles. The topological polar surface area (TPSA) is 234 Å². The Morgan fingerprint density at radius 2 is 0.628 bits per heavy atom. The average molecular weight is 1170 g/mol. The summed E-state index contributed by atoms with van der Waals surface area (Å²) in [4.78, 5) is 107. The number of unbranched alkanes of at least 4 members (excludes halogenated alkanes) is 4. The van der Waals surface area contributed by atoms with Crippen LogP contribution in [0.5, 0.6) is 11.5 Å². The number of hydrogen-bond acceptors (Lipinski definition) is 10. The third kappa shape index (κ3) is 24.5. The van der Waals surface area contributed by atoms with E-state index in [1.165, 1.54) is 9.80 Å². The van der Waals surface area contributed by atoms with Gasteiger partial charge in [-0.25, -0.2) is 0 Å². The zero-order valence-corrected chi connectivity index (χ0v) is 49.5. The number of methoxy groups -OCH3 is 2. The number of carbonyl (C=O) groups excluding carboxylic acids is 8. The van der Waals surface area contributed by atoms with E-state index in [1.807, 2.05) is 133 Å². The summed E-state index contributed by atoms with van der Waals surface area (Å²) in [7, 11) is 3.20. The molecule has 0 atom stereocenters. The molecule has 18 nitrogen and oxygen atoms in total. The number of ether oxygens (including phenoxy) is 2. The monoisotopic (exact) mass is 1170 g/mol. The summed E-state index contributed by atoms with van der Waals surface area (Å²) >= 11 is 0. The summed E-state index contributed by atoms with van der Waals surface area (Å²) in [5.74, 6) is -0.990. The van der Waals surface area contributed by atoms with E-state index in [0.717, 1.165) is 44.9 Å². The summed E-state index contributed by atoms with van der Waals surface area (Å²) in [6.07, 6.45) is 6.29. The second-order valence-corrected chi connectivity index (χ2v) is 20.9. The Hall–Kier alpha value is -9.32. The van der Waals surface area contributed by atoms with E-state index in [2.05, 4.69) is 31.9 Å². The van der Waals surface area contributed by atoms with Crippen LogP contribution in [0, 0.1) is 0 Å². The summed E-state index contributed by atoms with van der Waals surface area (Å²) in [6, 6.07) is 49.0. The van der Waals surface area contributed by atoms with Gasteiger partial charge in [0.2, 0.25) is 35.4 Å². The van der Waals surface area contributed by atoms with Crippen LogP contribution in [0.15, 0.2) is 158 Å². The first-order valence-electron chi connectivity index (χ1n) is 29.6. The maximum Gasteiger partial charge on any atom is 0.251 e. The molecule has 454 valence electrons. The molecular weight excluding hydrogens is 1090 g/mol. The fourth-order valence-corrected chi connectivity index (χ4v) is 9.35. The maximum absolute atomic E-state index is 13.4. The van der Waals surface area contributed by atoms with Crippen LogP contribution in [0.2, 0.25) is 0 Å². The van der Waals surface area contributed by atoms with Gasteiger partial charge in [-0.15, -0.1) is 0 Å². The van der Waals surface area contributed by atoms with Crippen molar-refractivity contribution in [3.05, 3.63) is 191 Å². The number of amides is 8. The Kier molecular flexibility index (Phi) is 28.4. The first-order valence-corrected chi connectivity index (χ1v) is 29.6. The van der Waals surface area contributed by atoms with Gasteiger partial charge >= 0.3 is 0 Å². The molecule has 6 aromatic rings. The number of rotatable bonds is 37. The highest BCUT2D eigenvalue weighted by Gasteiger charge is 2.22. The SMILES string of the molecule is COc1ccc(CCNC(=O)CN(CC(=O)NCCc2ccccc2)C(=O)CCCCCNC(=O)c2ccc(-c3ccc(C(=O)NCCCCCC(=O)N(CC(=O)NCCc4ccccc4)CC(=O)NCCc4ccc(OC)cc4)cc3)cc2)cc1. The second-order valence-electron chi connectivity index (χ2n) is 20.9. The van der Waals surface area contributed by atoms with Gasteiger partial charge in [-0.3, -0.25) is 38.4 Å². The van der Waals surface area contributed by atoms with Gasteiger partial charge < -0.3 is 51.2 Å². The van der Waals surface area contributed by atoms with Crippen molar-refractivity contribution >= 4 is 47.3 Å². The van der Waals surface area contributed by atoms with Gasteiger partial charge in [0, 0.05) is 63.2 Å². The first-order chi connectivity index (χ1) is 41.8. The predicted octanol–water partition coefficient (Wildman–Crippen LogP) is 7.04. The molecule has 6 N–H and O–H groups in total. The van der Waals surface area contributed by atoms with E-state index in [1.54, 1.807) is 38.5 Å². The molecule has 0 aliphatic carbocycles. The Morgan fingerprint density at radius 1 is 0.326 bits per heavy atom. The summed E-state index contributed by atoms with van der Waals surface area (Å²) in [5, 5.41) is 17.4. The van der Waals surface area contributed by atoms with Crippen molar-refractivity contribution in [2.45, 2.75) is 77.0 Å². The molecule has 0 bridgehead atoms. The van der Waals surface area contributed by atoms with E-state index >= 15 is 0 Å². The van der Waals surface area contributed by atoms with Crippen molar-refractivity contribution in [1.82, 2.24) is 41.7 Å². The quantitative estimate of drug-likeness (QED) is 0.0218. The number of hydrogen-bond donors (Lipinski definition) is 6. The zero-order valence-electron chi connectivity index (χ0n) is 49.5. The molecule has 0 aliphatic rings. The van der Waals surface area contributed by atoms with Crippen LogP contribution in [-0.2, 0) is 54.5 Å². The molecule has 0 spiro atoms. The van der Waals surface area contributed by atoms with Crippen LogP contribution in [0.3, 0.4) is 0 Å². The standard InChI is InChI=1S/C68H82N8O10/c1-85-59-33-21-53(22-34-59)39-45-71-63(79)49-75(47-61(77)69-43-37-51-15-7-3-8-16-51)65(81)19-11-5-13-41-73-67(83)57-29-25-55(26-30-57)56-27-31-58(32-28-56)68(84)74-42-14-6-12-20-66(82)76(48-62(78)70-44-38-52-17-9-4-10-18-52)50-64(80)72-46-40-54-23-35-60(86-2)36-24-54/h3-4,7-10,15-18,21-36H,5-6,11-14,19-20,37-50H2,1-2H3,(H,69,77)(H,70,78)(H,71,79)(H,72,80)(H,73,83)(H,74,84). The lowest BCUT2D eigenvalue weighted by Gasteiger charge is -2.22. The zero-order chi connectivity index (χ0) is 61.1. The highest BCUT2D eigenvalue weighted by atomic mass is 16.5. The van der Waals surface area contributed by atoms with Gasteiger partial charge in [-0.2, -0.15) is 0 Å². The Bertz CT molecular complexity index is 2860. The molecule has 0 fully saturated rings. The van der Waals surface area contributed by atoms with E-state index in [9.17, 15) is 38.4 Å². The Balaban J connectivity index is 0.866. The van der Waals surface area contributed by atoms with Crippen molar-refractivity contribution in [2.24, 2.45) is 0 Å². The predicted molar refractivity (Wildman–Crippen MR) is 332 cm³/mol. The van der Waals surface area contributed by atoms with Gasteiger partial charge in [0.05, 0.1) is 14.2 Å². The van der Waals surface area contributed by atoms with E-state index < -0.39 is 0 Å². The molecule has 18 heteroatoms. The van der Waals surface area contributed by atoms with Crippen molar-refractivity contribution < 1.29 is 47.8 Å². The van der Waals surface area contributed by atoms with Crippen molar-refractivity contribution in [3.8, 4) is 22.6 Å². The average Bonchev–Trinajstić information content (AvgIpc) is 3.70. The number of benzene rings is 6. The molecule has 0 aromatic heterocycles. The summed E-state index contributed by atoms with van der Waals surface area (Å²) in [6.45, 7) is 1.34. The third-order valence-electron chi connectivity index (χ3n) is 14.3. The molecule has 6 aromatic carbocycles. The number of carbonyl (C=O) groups is 8. The Morgan fingerprint density at radius 3 is 0.930 bits per heavy atom. The fourth-order valence-electron chi connectivity index (χ4n) is 9.35. The molecular formula is C68H82N8O10. The van der Waals surface area contributed by atoms with Crippen LogP contribution < -0.4 is 41.4 Å². The molecule has 0 heterocycles. The number of nitrogens with one attached hydrogen (secondary N) is 6. The number of nitrogens with zero attached hydrogens (tertiary/aromatic N) is 2. The minimum Gasteiger partial charge on any atom is -0.497 e. The van der Waals surface area contributed by atoms with Crippen LogP contribution >= 0.6 is 0 Å². The molecule has 6 rings (SSSR count). The molecule has 0 saturated carbocycles. The minimum atomic E-state index is -0.355. The van der Waals surface area contributed by atoms with Crippen LogP contribution in [-0.4, -0.2) is 137 Å². The minimum absolute atomic E-state index is 0.142. The van der Waals surface area contributed by atoms with E-state index in [4.69, 9.17) is 9.47 Å². The highest BCUT2D eigenvalue weighted by molar-refractivity contribution is 5.96. The molecule has 8 amide bonds. The molecule has 0 aliphatic heterocycles. The summed E-state index contributed by atoms with van der Waals surface area (Å²) in [5.41, 5.74) is 6.89. The van der Waals surface area contributed by atoms with Crippen molar-refractivity contribution in [2.75, 3.05) is 79.7 Å². The second kappa shape index (κ2) is 37.1. The van der Waals surface area contributed by atoms with Crippen LogP contribution in [0.1, 0.15) is 94.3 Å². The van der Waals surface area contributed by atoms with Gasteiger partial charge in [0.15, 0.2) is 0 Å². The van der Waals surface area contributed by atoms with Crippen LogP contribution in [0.4, 0.5) is 0 Å². The van der Waals surface area contributed by atoms with Crippen molar-refractivity contribution in [1.29, 1.82) is 0 Å². The largest absolute Gasteiger partial charge is 0.497 e. The highest BCUT2D eigenvalue weighted by Crippen LogP contribution is 2.21.